The molecule has 2 aromatic heterocycles. The first-order valence-electron chi connectivity index (χ1n) is 9.89. The molecule has 2 N–H and O–H groups in total. The number of aromatic nitrogens is 4. The third kappa shape index (κ3) is 4.06. The van der Waals surface area contributed by atoms with Crippen molar-refractivity contribution in [2.45, 2.75) is 38.0 Å². The maximum absolute atomic E-state index is 13.1. The summed E-state index contributed by atoms with van der Waals surface area (Å²) in [5, 5.41) is 3.88. The van der Waals surface area contributed by atoms with Crippen molar-refractivity contribution >= 4 is 40.2 Å². The van der Waals surface area contributed by atoms with Crippen molar-refractivity contribution in [2.24, 2.45) is 0 Å². The Morgan fingerprint density at radius 1 is 1.22 bits per heavy atom. The molecule has 0 bridgehead atoms. The van der Waals surface area contributed by atoms with Gasteiger partial charge < -0.3 is 15.0 Å². The standard InChI is InChI=1S/C20H21Cl2F3N6O/c1-9(30-19-16-18(27-7-26-16)28-8-29-19)12-4-13(21)15(22)14(17(12)32-3)11-5-31(6-11)10(2)20(23,24)25/h4,7-11H,5-6H2,1-3H3,(H2,26,27,28,29,30). The van der Waals surface area contributed by atoms with Gasteiger partial charge in [-0.25, -0.2) is 15.0 Å². The predicted octanol–water partition coefficient (Wildman–Crippen LogP) is 5.19. The van der Waals surface area contributed by atoms with E-state index in [1.807, 2.05) is 6.92 Å². The first-order valence-corrected chi connectivity index (χ1v) is 10.6. The van der Waals surface area contributed by atoms with Crippen molar-refractivity contribution in [3.8, 4) is 5.75 Å². The number of hydrogen-bond acceptors (Lipinski definition) is 6. The number of hydrogen-bond donors (Lipinski definition) is 2. The van der Waals surface area contributed by atoms with Gasteiger partial charge in [-0.2, -0.15) is 13.2 Å². The van der Waals surface area contributed by atoms with E-state index in [1.165, 1.54) is 24.7 Å². The van der Waals surface area contributed by atoms with E-state index >= 15 is 0 Å². The van der Waals surface area contributed by atoms with Crippen molar-refractivity contribution in [3.05, 3.63) is 39.9 Å². The lowest BCUT2D eigenvalue weighted by atomic mass is 9.87. The number of H-pyrrole nitrogens is 1. The van der Waals surface area contributed by atoms with Crippen LogP contribution >= 0.6 is 23.2 Å². The molecule has 2 unspecified atom stereocenters. The summed E-state index contributed by atoms with van der Waals surface area (Å²) in [4.78, 5) is 16.9. The monoisotopic (exact) mass is 488 g/mol. The Labute approximate surface area is 192 Å². The van der Waals surface area contributed by atoms with Crippen molar-refractivity contribution in [3.63, 3.8) is 0 Å². The van der Waals surface area contributed by atoms with Crippen LogP contribution < -0.4 is 10.1 Å². The lowest BCUT2D eigenvalue weighted by molar-refractivity contribution is -0.189. The van der Waals surface area contributed by atoms with Gasteiger partial charge in [-0.3, -0.25) is 4.90 Å². The number of rotatable bonds is 6. The number of likely N-dealkylation sites (tertiary alicyclic amines) is 1. The van der Waals surface area contributed by atoms with E-state index in [0.29, 0.717) is 43.9 Å². The van der Waals surface area contributed by atoms with E-state index < -0.39 is 12.2 Å². The van der Waals surface area contributed by atoms with Gasteiger partial charge >= 0.3 is 6.18 Å². The van der Waals surface area contributed by atoms with Gasteiger partial charge in [0.05, 0.1) is 29.5 Å². The molecule has 1 aliphatic rings. The minimum atomic E-state index is -4.29. The van der Waals surface area contributed by atoms with E-state index in [2.05, 4.69) is 25.3 Å². The molecule has 1 aromatic carbocycles. The first-order chi connectivity index (χ1) is 15.1. The quantitative estimate of drug-likeness (QED) is 0.496. The summed E-state index contributed by atoms with van der Waals surface area (Å²) in [5.74, 6) is 0.785. The second kappa shape index (κ2) is 8.57. The lowest BCUT2D eigenvalue weighted by Crippen LogP contribution is -2.54. The molecular formula is C20H21Cl2F3N6O. The second-order valence-electron chi connectivity index (χ2n) is 7.76. The molecule has 4 rings (SSSR count). The summed E-state index contributed by atoms with van der Waals surface area (Å²) in [6.07, 6.45) is -1.35. The molecule has 1 aliphatic heterocycles. The SMILES string of the molecule is COc1c(C(C)Nc2ncnc3[nH]cnc23)cc(Cl)c(Cl)c1C1CN(C(C)C(F)(F)F)C1. The lowest BCUT2D eigenvalue weighted by Gasteiger charge is -2.44. The zero-order chi connectivity index (χ0) is 23.2. The third-order valence-electron chi connectivity index (χ3n) is 5.82. The van der Waals surface area contributed by atoms with Crippen LogP contribution in [0.5, 0.6) is 5.75 Å². The fraction of sp³-hybridized carbons (Fsp3) is 0.450. The molecule has 0 radical (unpaired) electrons. The van der Waals surface area contributed by atoms with Crippen molar-refractivity contribution in [1.29, 1.82) is 0 Å². The van der Waals surface area contributed by atoms with Crippen LogP contribution in [0.3, 0.4) is 0 Å². The number of ether oxygens (including phenoxy) is 1. The summed E-state index contributed by atoms with van der Waals surface area (Å²) in [6, 6.07) is -0.156. The van der Waals surface area contributed by atoms with Crippen LogP contribution in [0.1, 0.15) is 36.9 Å². The van der Waals surface area contributed by atoms with Crippen molar-refractivity contribution in [1.82, 2.24) is 24.8 Å². The highest BCUT2D eigenvalue weighted by Crippen LogP contribution is 2.47. The van der Waals surface area contributed by atoms with Gasteiger partial charge in [0.15, 0.2) is 11.5 Å². The summed E-state index contributed by atoms with van der Waals surface area (Å²) >= 11 is 12.9. The van der Waals surface area contributed by atoms with Crippen LogP contribution in [0.2, 0.25) is 10.0 Å². The molecule has 1 saturated heterocycles. The number of halogens is 5. The number of alkyl halides is 3. The number of nitrogens with zero attached hydrogens (tertiary/aromatic N) is 4. The van der Waals surface area contributed by atoms with Crippen LogP contribution in [0.15, 0.2) is 18.7 Å². The zero-order valence-electron chi connectivity index (χ0n) is 17.5. The van der Waals surface area contributed by atoms with Gasteiger partial charge in [-0.15, -0.1) is 0 Å². The second-order valence-corrected chi connectivity index (χ2v) is 8.55. The maximum Gasteiger partial charge on any atom is 0.403 e. The number of nitrogens with one attached hydrogen (secondary N) is 2. The Morgan fingerprint density at radius 2 is 1.94 bits per heavy atom. The largest absolute Gasteiger partial charge is 0.496 e. The fourth-order valence-electron chi connectivity index (χ4n) is 3.93. The van der Waals surface area contributed by atoms with E-state index in [1.54, 1.807) is 6.07 Å². The van der Waals surface area contributed by atoms with Crippen LogP contribution in [-0.2, 0) is 0 Å². The molecule has 32 heavy (non-hydrogen) atoms. The Morgan fingerprint density at radius 3 is 2.59 bits per heavy atom. The Bertz CT molecular complexity index is 1130. The predicted molar refractivity (Wildman–Crippen MR) is 117 cm³/mol. The van der Waals surface area contributed by atoms with Gasteiger partial charge in [0.25, 0.3) is 0 Å². The highest BCUT2D eigenvalue weighted by Gasteiger charge is 2.46. The molecule has 0 aliphatic carbocycles. The maximum atomic E-state index is 13.1. The number of imidazole rings is 1. The highest BCUT2D eigenvalue weighted by atomic mass is 35.5. The smallest absolute Gasteiger partial charge is 0.403 e. The summed E-state index contributed by atoms with van der Waals surface area (Å²) in [6.45, 7) is 3.46. The van der Waals surface area contributed by atoms with Gasteiger partial charge in [-0.1, -0.05) is 23.2 Å². The van der Waals surface area contributed by atoms with Gasteiger partial charge in [-0.05, 0) is 19.9 Å². The summed E-state index contributed by atoms with van der Waals surface area (Å²) in [5.41, 5.74) is 2.49. The Hall–Kier alpha value is -2.30. The van der Waals surface area contributed by atoms with Gasteiger partial charge in [0, 0.05) is 30.1 Å². The molecular weight excluding hydrogens is 468 g/mol. The average molecular weight is 489 g/mol. The van der Waals surface area contributed by atoms with Crippen LogP contribution in [0.4, 0.5) is 19.0 Å². The van der Waals surface area contributed by atoms with Gasteiger partial charge in [0.2, 0.25) is 0 Å². The molecule has 7 nitrogen and oxygen atoms in total. The number of fused-ring (bicyclic) bond motifs is 1. The van der Waals surface area contributed by atoms with Crippen LogP contribution in [-0.4, -0.2) is 57.3 Å². The average Bonchev–Trinajstić information content (AvgIpc) is 3.18. The van der Waals surface area contributed by atoms with E-state index in [0.717, 1.165) is 6.92 Å². The number of methoxy groups -OCH3 is 1. The van der Waals surface area contributed by atoms with Crippen molar-refractivity contribution < 1.29 is 17.9 Å². The molecule has 0 amide bonds. The number of anilines is 1. The molecule has 1 fully saturated rings. The molecule has 12 heteroatoms. The molecule has 172 valence electrons. The minimum absolute atomic E-state index is 0.206. The summed E-state index contributed by atoms with van der Waals surface area (Å²) < 4.78 is 44.9. The number of aromatic amines is 1. The Kier molecular flexibility index (Phi) is 6.12. The normalized spacial score (nSPS) is 17.2. The zero-order valence-corrected chi connectivity index (χ0v) is 19.0. The Balaban J connectivity index is 1.64. The van der Waals surface area contributed by atoms with E-state index in [9.17, 15) is 13.2 Å². The van der Waals surface area contributed by atoms with Crippen LogP contribution in [0.25, 0.3) is 11.2 Å². The minimum Gasteiger partial charge on any atom is -0.496 e. The third-order valence-corrected chi connectivity index (χ3v) is 6.62. The fourth-order valence-corrected chi connectivity index (χ4v) is 4.45. The molecule has 0 spiro atoms. The van der Waals surface area contributed by atoms with Crippen molar-refractivity contribution in [2.75, 3.05) is 25.5 Å². The molecule has 2 atom stereocenters. The molecule has 0 saturated carbocycles. The molecule has 3 aromatic rings. The topological polar surface area (TPSA) is 79.0 Å². The highest BCUT2D eigenvalue weighted by molar-refractivity contribution is 6.42. The number of benzene rings is 1. The van der Waals surface area contributed by atoms with Crippen LogP contribution in [0, 0.1) is 0 Å². The summed E-state index contributed by atoms with van der Waals surface area (Å²) in [7, 11) is 1.50. The molecule has 3 heterocycles. The first kappa shape index (κ1) is 22.9. The van der Waals surface area contributed by atoms with E-state index in [4.69, 9.17) is 27.9 Å². The van der Waals surface area contributed by atoms with Gasteiger partial charge in [0.1, 0.15) is 23.6 Å². The van der Waals surface area contributed by atoms with E-state index in [-0.39, 0.29) is 25.0 Å².